The van der Waals surface area contributed by atoms with Gasteiger partial charge in [-0.05, 0) is 21.0 Å². The summed E-state index contributed by atoms with van der Waals surface area (Å²) < 4.78 is 0. The van der Waals surface area contributed by atoms with Gasteiger partial charge in [0.2, 0.25) is 0 Å². The van der Waals surface area contributed by atoms with Gasteiger partial charge in [-0.1, -0.05) is 0 Å². The van der Waals surface area contributed by atoms with E-state index in [1.54, 1.807) is 6.92 Å². The summed E-state index contributed by atoms with van der Waals surface area (Å²) in [5, 5.41) is 0. The SMILES string of the molecule is CC(N)C(=O)CCN(C)C. The molecule has 3 heteroatoms. The van der Waals surface area contributed by atoms with Crippen molar-refractivity contribution in [2.24, 2.45) is 5.73 Å². The van der Waals surface area contributed by atoms with E-state index in [4.69, 9.17) is 5.73 Å². The van der Waals surface area contributed by atoms with Crippen LogP contribution >= 0.6 is 0 Å². The average molecular weight is 144 g/mol. The number of hydrogen-bond donors (Lipinski definition) is 1. The first-order valence-corrected chi connectivity index (χ1v) is 3.47. The Morgan fingerprint density at radius 1 is 1.60 bits per heavy atom. The second-order valence-electron chi connectivity index (χ2n) is 2.81. The van der Waals surface area contributed by atoms with Gasteiger partial charge < -0.3 is 10.6 Å². The van der Waals surface area contributed by atoms with Crippen molar-refractivity contribution in [1.29, 1.82) is 0 Å². The summed E-state index contributed by atoms with van der Waals surface area (Å²) in [4.78, 5) is 12.9. The molecule has 0 radical (unpaired) electrons. The van der Waals surface area contributed by atoms with Crippen LogP contribution < -0.4 is 5.73 Å². The molecular weight excluding hydrogens is 128 g/mol. The van der Waals surface area contributed by atoms with Crippen LogP contribution in [-0.2, 0) is 4.79 Å². The fourth-order valence-electron chi connectivity index (χ4n) is 0.561. The maximum absolute atomic E-state index is 10.9. The highest BCUT2D eigenvalue weighted by atomic mass is 16.1. The molecule has 0 saturated heterocycles. The summed E-state index contributed by atoms with van der Waals surface area (Å²) in [6.45, 7) is 2.51. The Hall–Kier alpha value is -0.410. The second kappa shape index (κ2) is 4.41. The van der Waals surface area contributed by atoms with E-state index >= 15 is 0 Å². The minimum atomic E-state index is -0.306. The van der Waals surface area contributed by atoms with E-state index < -0.39 is 0 Å². The molecule has 0 aliphatic heterocycles. The lowest BCUT2D eigenvalue weighted by molar-refractivity contribution is -0.120. The van der Waals surface area contributed by atoms with Gasteiger partial charge in [0, 0.05) is 13.0 Å². The smallest absolute Gasteiger partial charge is 0.150 e. The molecule has 1 atom stereocenters. The molecule has 0 saturated carbocycles. The van der Waals surface area contributed by atoms with Crippen molar-refractivity contribution in [3.05, 3.63) is 0 Å². The van der Waals surface area contributed by atoms with Gasteiger partial charge >= 0.3 is 0 Å². The van der Waals surface area contributed by atoms with Crippen LogP contribution in [0, 0.1) is 0 Å². The topological polar surface area (TPSA) is 46.3 Å². The third-order valence-corrected chi connectivity index (χ3v) is 1.31. The Labute approximate surface area is 62.2 Å². The summed E-state index contributed by atoms with van der Waals surface area (Å²) in [5.41, 5.74) is 5.35. The summed E-state index contributed by atoms with van der Waals surface area (Å²) in [5.74, 6) is 0.133. The fourth-order valence-corrected chi connectivity index (χ4v) is 0.561. The molecule has 0 spiro atoms. The Morgan fingerprint density at radius 2 is 2.10 bits per heavy atom. The monoisotopic (exact) mass is 144 g/mol. The first kappa shape index (κ1) is 9.59. The number of ketones is 1. The quantitative estimate of drug-likeness (QED) is 0.597. The second-order valence-corrected chi connectivity index (χ2v) is 2.81. The highest BCUT2D eigenvalue weighted by Gasteiger charge is 2.06. The molecule has 0 aromatic heterocycles. The van der Waals surface area contributed by atoms with Crippen LogP contribution in [0.4, 0.5) is 0 Å². The fraction of sp³-hybridized carbons (Fsp3) is 0.857. The number of carbonyl (C=O) groups is 1. The number of carbonyl (C=O) groups excluding carboxylic acids is 1. The molecule has 0 bridgehead atoms. The van der Waals surface area contributed by atoms with Crippen LogP contribution in [0.3, 0.4) is 0 Å². The number of nitrogens with zero attached hydrogens (tertiary/aromatic N) is 1. The van der Waals surface area contributed by atoms with Crippen LogP contribution in [-0.4, -0.2) is 37.4 Å². The van der Waals surface area contributed by atoms with E-state index in [9.17, 15) is 4.79 Å². The third kappa shape index (κ3) is 4.47. The van der Waals surface area contributed by atoms with Gasteiger partial charge in [0.05, 0.1) is 6.04 Å². The van der Waals surface area contributed by atoms with Crippen LogP contribution in [0.25, 0.3) is 0 Å². The van der Waals surface area contributed by atoms with E-state index in [0.29, 0.717) is 6.42 Å². The largest absolute Gasteiger partial charge is 0.322 e. The predicted molar refractivity (Wildman–Crippen MR) is 41.8 cm³/mol. The molecule has 0 amide bonds. The van der Waals surface area contributed by atoms with Crippen molar-refractivity contribution in [1.82, 2.24) is 4.90 Å². The van der Waals surface area contributed by atoms with Gasteiger partial charge in [0.25, 0.3) is 0 Å². The predicted octanol–water partition coefficient (Wildman–Crippen LogP) is -0.146. The highest BCUT2D eigenvalue weighted by molar-refractivity contribution is 5.83. The summed E-state index contributed by atoms with van der Waals surface area (Å²) in [6, 6.07) is -0.306. The first-order valence-electron chi connectivity index (χ1n) is 3.47. The lowest BCUT2D eigenvalue weighted by Crippen LogP contribution is -2.29. The average Bonchev–Trinajstić information content (AvgIpc) is 1.82. The van der Waals surface area contributed by atoms with Gasteiger partial charge in [-0.15, -0.1) is 0 Å². The van der Waals surface area contributed by atoms with Gasteiger partial charge in [0.1, 0.15) is 0 Å². The Bertz CT molecular complexity index is 110. The number of rotatable bonds is 4. The molecule has 1 unspecified atom stereocenters. The molecule has 2 N–H and O–H groups in total. The first-order chi connectivity index (χ1) is 4.54. The van der Waals surface area contributed by atoms with Crippen LogP contribution in [0.15, 0.2) is 0 Å². The third-order valence-electron chi connectivity index (χ3n) is 1.31. The lowest BCUT2D eigenvalue weighted by Gasteiger charge is -2.09. The van der Waals surface area contributed by atoms with Crippen molar-refractivity contribution >= 4 is 5.78 Å². The van der Waals surface area contributed by atoms with Crippen LogP contribution in [0.1, 0.15) is 13.3 Å². The Balaban J connectivity index is 3.40. The summed E-state index contributed by atoms with van der Waals surface area (Å²) in [7, 11) is 3.88. The molecule has 0 aliphatic rings. The Kier molecular flexibility index (Phi) is 4.23. The zero-order valence-electron chi connectivity index (χ0n) is 6.92. The zero-order chi connectivity index (χ0) is 8.15. The maximum atomic E-state index is 10.9. The molecule has 60 valence electrons. The molecule has 0 aliphatic carbocycles. The maximum Gasteiger partial charge on any atom is 0.150 e. The van der Waals surface area contributed by atoms with Gasteiger partial charge in [-0.2, -0.15) is 0 Å². The minimum absolute atomic E-state index is 0.133. The standard InChI is InChI=1S/C7H16N2O/c1-6(8)7(10)4-5-9(2)3/h6H,4-5,8H2,1-3H3. The van der Waals surface area contributed by atoms with E-state index in [2.05, 4.69) is 0 Å². The van der Waals surface area contributed by atoms with E-state index in [0.717, 1.165) is 6.54 Å². The van der Waals surface area contributed by atoms with Crippen molar-refractivity contribution < 1.29 is 4.79 Å². The molecule has 0 rings (SSSR count). The molecule has 0 heterocycles. The van der Waals surface area contributed by atoms with E-state index in [-0.39, 0.29) is 11.8 Å². The minimum Gasteiger partial charge on any atom is -0.322 e. The summed E-state index contributed by atoms with van der Waals surface area (Å²) in [6.07, 6.45) is 0.560. The molecule has 0 aromatic carbocycles. The highest BCUT2D eigenvalue weighted by Crippen LogP contribution is 1.88. The van der Waals surface area contributed by atoms with Gasteiger partial charge in [-0.3, -0.25) is 4.79 Å². The number of nitrogens with two attached hydrogens (primary N) is 1. The Morgan fingerprint density at radius 3 is 2.40 bits per heavy atom. The van der Waals surface area contributed by atoms with Crippen LogP contribution in [0.5, 0.6) is 0 Å². The van der Waals surface area contributed by atoms with Crippen molar-refractivity contribution in [3.63, 3.8) is 0 Å². The van der Waals surface area contributed by atoms with E-state index in [1.807, 2.05) is 19.0 Å². The normalized spacial score (nSPS) is 13.7. The molecule has 0 fully saturated rings. The zero-order valence-corrected chi connectivity index (χ0v) is 6.92. The number of hydrogen-bond acceptors (Lipinski definition) is 3. The lowest BCUT2D eigenvalue weighted by atomic mass is 10.2. The molecule has 3 nitrogen and oxygen atoms in total. The number of Topliss-reactive ketones (excluding diaryl/α,β-unsaturated/α-hetero) is 1. The van der Waals surface area contributed by atoms with E-state index in [1.165, 1.54) is 0 Å². The van der Waals surface area contributed by atoms with Gasteiger partial charge in [0.15, 0.2) is 5.78 Å². The van der Waals surface area contributed by atoms with Crippen LogP contribution in [0.2, 0.25) is 0 Å². The molecule has 10 heavy (non-hydrogen) atoms. The summed E-state index contributed by atoms with van der Waals surface area (Å²) >= 11 is 0. The molecule has 0 aromatic rings. The van der Waals surface area contributed by atoms with Crippen molar-refractivity contribution in [2.45, 2.75) is 19.4 Å². The molecular formula is C7H16N2O. The van der Waals surface area contributed by atoms with Crippen molar-refractivity contribution in [3.8, 4) is 0 Å². The van der Waals surface area contributed by atoms with Gasteiger partial charge in [-0.25, -0.2) is 0 Å². The van der Waals surface area contributed by atoms with Crippen molar-refractivity contribution in [2.75, 3.05) is 20.6 Å².